The van der Waals surface area contributed by atoms with Gasteiger partial charge >= 0.3 is 0 Å². The van der Waals surface area contributed by atoms with E-state index in [4.69, 9.17) is 5.11 Å². The van der Waals surface area contributed by atoms with Crippen LogP contribution < -0.4 is 5.32 Å². The lowest BCUT2D eigenvalue weighted by molar-refractivity contribution is 0.200. The Morgan fingerprint density at radius 3 is 2.00 bits per heavy atom. The summed E-state index contributed by atoms with van der Waals surface area (Å²) in [7, 11) is 1.89. The van der Waals surface area contributed by atoms with Gasteiger partial charge in [-0.15, -0.1) is 0 Å². The number of aliphatic hydroxyl groups is 1. The average molecular weight is 191 g/mol. The predicted octanol–water partition coefficient (Wildman–Crippen LogP) is 1.49. The van der Waals surface area contributed by atoms with Crippen molar-refractivity contribution in [2.45, 2.75) is 38.0 Å². The second-order valence-corrected chi connectivity index (χ2v) is 6.17. The standard InChI is InChI=1S/C9H21NOS/c1-8(2,3)12-7-9(4,6-11)10-5/h10-11H,6-7H2,1-5H3. The van der Waals surface area contributed by atoms with Crippen molar-refractivity contribution in [2.24, 2.45) is 0 Å². The predicted molar refractivity (Wildman–Crippen MR) is 56.8 cm³/mol. The van der Waals surface area contributed by atoms with Gasteiger partial charge in [-0.3, -0.25) is 0 Å². The molecule has 0 saturated carbocycles. The molecule has 1 unspecified atom stereocenters. The van der Waals surface area contributed by atoms with E-state index in [1.54, 1.807) is 0 Å². The highest BCUT2D eigenvalue weighted by atomic mass is 32.2. The van der Waals surface area contributed by atoms with Gasteiger partial charge < -0.3 is 10.4 Å². The fourth-order valence-electron chi connectivity index (χ4n) is 0.573. The summed E-state index contributed by atoms with van der Waals surface area (Å²) in [6.07, 6.45) is 0. The number of hydrogen-bond donors (Lipinski definition) is 2. The topological polar surface area (TPSA) is 32.3 Å². The molecule has 0 aliphatic rings. The first-order valence-corrected chi connectivity index (χ1v) is 5.25. The number of likely N-dealkylation sites (N-methyl/N-ethyl adjacent to an activating group) is 1. The van der Waals surface area contributed by atoms with Crippen LogP contribution in [0.2, 0.25) is 0 Å². The largest absolute Gasteiger partial charge is 0.394 e. The summed E-state index contributed by atoms with van der Waals surface area (Å²) in [6, 6.07) is 0. The molecule has 0 aromatic heterocycles. The Kier molecular flexibility index (Phi) is 4.59. The fraction of sp³-hybridized carbons (Fsp3) is 1.00. The summed E-state index contributed by atoms with van der Waals surface area (Å²) in [5.74, 6) is 0.934. The smallest absolute Gasteiger partial charge is 0.0618 e. The quantitative estimate of drug-likeness (QED) is 0.706. The molecule has 0 aromatic rings. The number of rotatable bonds is 4. The molecule has 0 fully saturated rings. The molecular formula is C9H21NOS. The van der Waals surface area contributed by atoms with E-state index in [2.05, 4.69) is 26.1 Å². The van der Waals surface area contributed by atoms with Crippen molar-refractivity contribution >= 4 is 11.8 Å². The maximum atomic E-state index is 9.11. The second-order valence-electron chi connectivity index (χ2n) is 4.37. The van der Waals surface area contributed by atoms with Crippen molar-refractivity contribution in [3.05, 3.63) is 0 Å². The minimum absolute atomic E-state index is 0.141. The highest BCUT2D eigenvalue weighted by molar-refractivity contribution is 8.00. The first-order valence-electron chi connectivity index (χ1n) is 4.27. The molecule has 0 saturated heterocycles. The lowest BCUT2D eigenvalue weighted by Crippen LogP contribution is -2.46. The molecule has 3 heteroatoms. The Morgan fingerprint density at radius 1 is 1.25 bits per heavy atom. The molecule has 0 radical (unpaired) electrons. The van der Waals surface area contributed by atoms with Crippen LogP contribution in [-0.4, -0.2) is 34.8 Å². The highest BCUT2D eigenvalue weighted by Gasteiger charge is 2.23. The van der Waals surface area contributed by atoms with E-state index in [0.717, 1.165) is 5.75 Å². The molecule has 1 atom stereocenters. The number of nitrogens with one attached hydrogen (secondary N) is 1. The third kappa shape index (κ3) is 5.01. The minimum atomic E-state index is -0.141. The zero-order valence-electron chi connectivity index (χ0n) is 8.77. The molecule has 0 aliphatic heterocycles. The molecule has 0 bridgehead atoms. The third-order valence-corrected chi connectivity index (χ3v) is 3.42. The zero-order valence-corrected chi connectivity index (χ0v) is 9.59. The maximum absolute atomic E-state index is 9.11. The molecule has 2 N–H and O–H groups in total. The molecule has 0 amide bonds. The van der Waals surface area contributed by atoms with Gasteiger partial charge in [-0.2, -0.15) is 11.8 Å². The van der Waals surface area contributed by atoms with E-state index >= 15 is 0 Å². The zero-order chi connectivity index (χ0) is 9.83. The van der Waals surface area contributed by atoms with Crippen LogP contribution in [0.1, 0.15) is 27.7 Å². The lowest BCUT2D eigenvalue weighted by atomic mass is 10.1. The molecule has 0 aromatic carbocycles. The molecule has 0 rings (SSSR count). The number of hydrogen-bond acceptors (Lipinski definition) is 3. The SMILES string of the molecule is CNC(C)(CO)CSC(C)(C)C. The Labute approximate surface area is 80.1 Å². The first kappa shape index (κ1) is 12.3. The Morgan fingerprint density at radius 2 is 1.75 bits per heavy atom. The Balaban J connectivity index is 3.89. The van der Waals surface area contributed by atoms with Crippen LogP contribution in [0, 0.1) is 0 Å². The van der Waals surface area contributed by atoms with Crippen molar-refractivity contribution in [1.29, 1.82) is 0 Å². The molecular weight excluding hydrogens is 170 g/mol. The summed E-state index contributed by atoms with van der Waals surface area (Å²) < 4.78 is 0.271. The molecule has 0 heterocycles. The lowest BCUT2D eigenvalue weighted by Gasteiger charge is -2.30. The Bertz CT molecular complexity index is 127. The molecule has 0 aliphatic carbocycles. The van der Waals surface area contributed by atoms with Gasteiger partial charge in [0.05, 0.1) is 6.61 Å². The van der Waals surface area contributed by atoms with E-state index in [0.29, 0.717) is 0 Å². The van der Waals surface area contributed by atoms with E-state index in [-0.39, 0.29) is 16.9 Å². The van der Waals surface area contributed by atoms with Crippen molar-refractivity contribution < 1.29 is 5.11 Å². The van der Waals surface area contributed by atoms with Crippen LogP contribution in [0.3, 0.4) is 0 Å². The van der Waals surface area contributed by atoms with Gasteiger partial charge in [0.1, 0.15) is 0 Å². The van der Waals surface area contributed by atoms with Crippen LogP contribution in [-0.2, 0) is 0 Å². The highest BCUT2D eigenvalue weighted by Crippen LogP contribution is 2.26. The van der Waals surface area contributed by atoms with Gasteiger partial charge in [0.25, 0.3) is 0 Å². The first-order chi connectivity index (χ1) is 5.33. The van der Waals surface area contributed by atoms with Gasteiger partial charge in [-0.25, -0.2) is 0 Å². The van der Waals surface area contributed by atoms with Crippen molar-refractivity contribution in [1.82, 2.24) is 5.32 Å². The van der Waals surface area contributed by atoms with Gasteiger partial charge in [0, 0.05) is 16.0 Å². The average Bonchev–Trinajstić information content (AvgIpc) is 1.99. The molecule has 2 nitrogen and oxygen atoms in total. The van der Waals surface area contributed by atoms with E-state index in [9.17, 15) is 0 Å². The monoisotopic (exact) mass is 191 g/mol. The van der Waals surface area contributed by atoms with Crippen molar-refractivity contribution in [3.63, 3.8) is 0 Å². The van der Waals surface area contributed by atoms with Crippen LogP contribution in [0.4, 0.5) is 0 Å². The van der Waals surface area contributed by atoms with Gasteiger partial charge in [-0.05, 0) is 14.0 Å². The maximum Gasteiger partial charge on any atom is 0.0618 e. The second kappa shape index (κ2) is 4.49. The van der Waals surface area contributed by atoms with Crippen molar-refractivity contribution in [2.75, 3.05) is 19.4 Å². The van der Waals surface area contributed by atoms with Crippen molar-refractivity contribution in [3.8, 4) is 0 Å². The van der Waals surface area contributed by atoms with E-state index < -0.39 is 0 Å². The summed E-state index contributed by atoms with van der Waals surface area (Å²) in [4.78, 5) is 0. The van der Waals surface area contributed by atoms with Crippen LogP contribution in [0.15, 0.2) is 0 Å². The summed E-state index contributed by atoms with van der Waals surface area (Å²) in [5, 5.41) is 12.2. The van der Waals surface area contributed by atoms with E-state index in [1.807, 2.05) is 25.7 Å². The molecule has 74 valence electrons. The van der Waals surface area contributed by atoms with Crippen LogP contribution >= 0.6 is 11.8 Å². The molecule has 0 spiro atoms. The van der Waals surface area contributed by atoms with Gasteiger partial charge in [0.15, 0.2) is 0 Å². The molecule has 12 heavy (non-hydrogen) atoms. The summed E-state index contributed by atoms with van der Waals surface area (Å²) >= 11 is 1.87. The summed E-state index contributed by atoms with van der Waals surface area (Å²) in [5.41, 5.74) is -0.141. The van der Waals surface area contributed by atoms with Crippen LogP contribution in [0.5, 0.6) is 0 Å². The van der Waals surface area contributed by atoms with E-state index in [1.165, 1.54) is 0 Å². The van der Waals surface area contributed by atoms with Gasteiger partial charge in [-0.1, -0.05) is 20.8 Å². The Hall–Kier alpha value is 0.270. The third-order valence-electron chi connectivity index (χ3n) is 1.78. The summed E-state index contributed by atoms with van der Waals surface area (Å²) in [6.45, 7) is 8.78. The minimum Gasteiger partial charge on any atom is -0.394 e. The normalized spacial score (nSPS) is 17.5. The number of aliphatic hydroxyl groups excluding tert-OH is 1. The number of thioether (sulfide) groups is 1. The fourth-order valence-corrected chi connectivity index (χ4v) is 1.56. The van der Waals surface area contributed by atoms with Crippen LogP contribution in [0.25, 0.3) is 0 Å². The van der Waals surface area contributed by atoms with Gasteiger partial charge in [0.2, 0.25) is 0 Å².